The number of carbonyl (C=O) groups excluding carboxylic acids is 2. The minimum Gasteiger partial charge on any atom is -0.390 e. The number of aromatic nitrogens is 1. The molecule has 0 spiro atoms. The first-order valence-corrected chi connectivity index (χ1v) is 13.0. The summed E-state index contributed by atoms with van der Waals surface area (Å²) in [7, 11) is 0. The fraction of sp³-hybridized carbons (Fsp3) is 0.607. The molecule has 1 aromatic heterocycles. The number of hydrogen-bond acceptors (Lipinski definition) is 5. The number of carbonyl (C=O) groups is 2. The van der Waals surface area contributed by atoms with Crippen LogP contribution in [0, 0.1) is 17.8 Å². The van der Waals surface area contributed by atoms with E-state index in [0.29, 0.717) is 24.5 Å². The first-order valence-electron chi connectivity index (χ1n) is 13.0. The first kappa shape index (κ1) is 27.1. The van der Waals surface area contributed by atoms with Gasteiger partial charge in [0.1, 0.15) is 11.8 Å². The van der Waals surface area contributed by atoms with Gasteiger partial charge >= 0.3 is 0 Å². The van der Waals surface area contributed by atoms with Gasteiger partial charge in [0.2, 0.25) is 5.91 Å². The monoisotopic (exact) mass is 483 g/mol. The molecule has 1 aromatic carbocycles. The van der Waals surface area contributed by atoms with E-state index in [9.17, 15) is 19.8 Å². The number of para-hydroxylation sites is 1. The largest absolute Gasteiger partial charge is 0.390 e. The molecule has 4 atom stereocenters. The Morgan fingerprint density at radius 2 is 1.74 bits per heavy atom. The Balaban J connectivity index is 1.58. The molecular formula is C28H41N3O4. The molecule has 2 amide bonds. The van der Waals surface area contributed by atoms with Crippen molar-refractivity contribution in [2.24, 2.45) is 17.8 Å². The normalized spacial score (nSPS) is 18.1. The van der Waals surface area contributed by atoms with Crippen molar-refractivity contribution in [2.45, 2.75) is 84.0 Å². The fourth-order valence-corrected chi connectivity index (χ4v) is 4.90. The van der Waals surface area contributed by atoms with Gasteiger partial charge in [-0.05, 0) is 36.8 Å². The van der Waals surface area contributed by atoms with Crippen LogP contribution in [0.25, 0.3) is 10.9 Å². The van der Waals surface area contributed by atoms with Gasteiger partial charge in [-0.1, -0.05) is 77.1 Å². The summed E-state index contributed by atoms with van der Waals surface area (Å²) in [4.78, 5) is 30.0. The van der Waals surface area contributed by atoms with Crippen LogP contribution in [0.4, 0.5) is 0 Å². The molecule has 1 fully saturated rings. The van der Waals surface area contributed by atoms with Gasteiger partial charge in [0.15, 0.2) is 0 Å². The van der Waals surface area contributed by atoms with Crippen molar-refractivity contribution >= 4 is 22.7 Å². The predicted molar refractivity (Wildman–Crippen MR) is 138 cm³/mol. The molecule has 3 rings (SSSR count). The minimum atomic E-state index is -1.02. The Morgan fingerprint density at radius 1 is 1.03 bits per heavy atom. The second-order valence-corrected chi connectivity index (χ2v) is 10.5. The van der Waals surface area contributed by atoms with Crippen molar-refractivity contribution in [3.8, 4) is 0 Å². The van der Waals surface area contributed by atoms with E-state index in [1.54, 1.807) is 13.0 Å². The van der Waals surface area contributed by atoms with Gasteiger partial charge in [-0.15, -0.1) is 0 Å². The van der Waals surface area contributed by atoms with Crippen LogP contribution in [0.2, 0.25) is 0 Å². The lowest BCUT2D eigenvalue weighted by molar-refractivity contribution is -0.127. The van der Waals surface area contributed by atoms with E-state index in [1.165, 1.54) is 19.3 Å². The average molecular weight is 484 g/mol. The molecule has 7 heteroatoms. The van der Waals surface area contributed by atoms with Crippen LogP contribution < -0.4 is 10.6 Å². The Hall–Kier alpha value is -2.51. The summed E-state index contributed by atoms with van der Waals surface area (Å²) in [6, 6.07) is 10.6. The molecule has 1 heterocycles. The maximum Gasteiger partial charge on any atom is 0.269 e. The Labute approximate surface area is 208 Å². The Bertz CT molecular complexity index is 974. The summed E-state index contributed by atoms with van der Waals surface area (Å²) in [6.45, 7) is 5.90. The van der Waals surface area contributed by atoms with Crippen molar-refractivity contribution in [2.75, 3.05) is 6.54 Å². The molecule has 192 valence electrons. The highest BCUT2D eigenvalue weighted by Gasteiger charge is 2.32. The van der Waals surface area contributed by atoms with E-state index in [0.717, 1.165) is 23.7 Å². The van der Waals surface area contributed by atoms with E-state index >= 15 is 0 Å². The smallest absolute Gasteiger partial charge is 0.269 e. The molecule has 0 saturated heterocycles. The topological polar surface area (TPSA) is 112 Å². The number of aliphatic hydroxyl groups excluding tert-OH is 2. The highest BCUT2D eigenvalue weighted by atomic mass is 16.3. The highest BCUT2D eigenvalue weighted by Crippen LogP contribution is 2.29. The number of aliphatic hydroxyl groups is 2. The molecule has 1 aliphatic rings. The lowest BCUT2D eigenvalue weighted by Gasteiger charge is -2.33. The van der Waals surface area contributed by atoms with Crippen molar-refractivity contribution < 1.29 is 19.8 Å². The molecule has 2 aromatic rings. The van der Waals surface area contributed by atoms with Gasteiger partial charge in [0.25, 0.3) is 5.91 Å². The maximum atomic E-state index is 13.0. The number of hydrogen-bond donors (Lipinski definition) is 4. The maximum absolute atomic E-state index is 13.0. The van der Waals surface area contributed by atoms with E-state index in [1.807, 2.05) is 44.2 Å². The third kappa shape index (κ3) is 8.00. The van der Waals surface area contributed by atoms with E-state index in [2.05, 4.69) is 15.6 Å². The van der Waals surface area contributed by atoms with Crippen molar-refractivity contribution in [1.29, 1.82) is 0 Å². The zero-order chi connectivity index (χ0) is 25.4. The molecule has 0 radical (unpaired) electrons. The number of amides is 2. The number of nitrogens with zero attached hydrogens (tertiary/aromatic N) is 1. The molecule has 0 bridgehead atoms. The van der Waals surface area contributed by atoms with Gasteiger partial charge < -0.3 is 20.8 Å². The fourth-order valence-electron chi connectivity index (χ4n) is 4.90. The third-order valence-corrected chi connectivity index (χ3v) is 7.01. The number of rotatable bonds is 11. The van der Waals surface area contributed by atoms with Gasteiger partial charge in [0.05, 0.1) is 23.6 Å². The van der Waals surface area contributed by atoms with Gasteiger partial charge in [-0.2, -0.15) is 0 Å². The number of fused-ring (bicyclic) bond motifs is 1. The standard InChI is InChI=1S/C28H41N3O4/c1-18(2)15-25(32)26(33)24(16-20-9-5-4-6-10-20)31-27(34)19(3)17-29-28(35)23-14-13-21-11-7-8-12-22(21)30-23/h7-8,11-14,18-20,24-26,32-33H,4-6,9-10,15-17H2,1-3H3,(H,29,35)(H,31,34)/t19-,24-,25-,26+/m0/s1. The lowest BCUT2D eigenvalue weighted by Crippen LogP contribution is -2.52. The number of pyridine rings is 1. The van der Waals surface area contributed by atoms with Crippen LogP contribution >= 0.6 is 0 Å². The van der Waals surface area contributed by atoms with Crippen molar-refractivity contribution in [1.82, 2.24) is 15.6 Å². The summed E-state index contributed by atoms with van der Waals surface area (Å²) in [6.07, 6.45) is 4.96. The first-order chi connectivity index (χ1) is 16.7. The predicted octanol–water partition coefficient (Wildman–Crippen LogP) is 3.82. The van der Waals surface area contributed by atoms with Crippen LogP contribution in [0.15, 0.2) is 36.4 Å². The van der Waals surface area contributed by atoms with E-state index in [4.69, 9.17) is 0 Å². The molecular weight excluding hydrogens is 442 g/mol. The quantitative estimate of drug-likeness (QED) is 0.388. The van der Waals surface area contributed by atoms with Crippen LogP contribution in [-0.2, 0) is 4.79 Å². The van der Waals surface area contributed by atoms with Gasteiger partial charge in [0, 0.05) is 11.9 Å². The number of benzene rings is 1. The highest BCUT2D eigenvalue weighted by molar-refractivity contribution is 5.95. The Morgan fingerprint density at radius 3 is 2.46 bits per heavy atom. The molecule has 4 N–H and O–H groups in total. The van der Waals surface area contributed by atoms with Crippen molar-refractivity contribution in [3.05, 3.63) is 42.1 Å². The SMILES string of the molecule is CC(C)C[C@H](O)[C@H](O)[C@H](CC1CCCCC1)NC(=O)[C@@H](C)CNC(=O)c1ccc2ccccc2n1. The van der Waals surface area contributed by atoms with Crippen LogP contribution in [-0.4, -0.2) is 51.8 Å². The molecule has 7 nitrogen and oxygen atoms in total. The zero-order valence-corrected chi connectivity index (χ0v) is 21.2. The van der Waals surface area contributed by atoms with Crippen LogP contribution in [0.1, 0.15) is 76.2 Å². The summed E-state index contributed by atoms with van der Waals surface area (Å²) in [5.41, 5.74) is 1.05. The lowest BCUT2D eigenvalue weighted by atomic mass is 9.82. The summed E-state index contributed by atoms with van der Waals surface area (Å²) in [5.74, 6) is -0.398. The minimum absolute atomic E-state index is 0.153. The Kier molecular flexibility index (Phi) is 10.0. The average Bonchev–Trinajstić information content (AvgIpc) is 2.86. The van der Waals surface area contributed by atoms with Crippen LogP contribution in [0.3, 0.4) is 0 Å². The van der Waals surface area contributed by atoms with Crippen LogP contribution in [0.5, 0.6) is 0 Å². The second kappa shape index (κ2) is 13.0. The molecule has 1 saturated carbocycles. The second-order valence-electron chi connectivity index (χ2n) is 10.5. The van der Waals surface area contributed by atoms with Gasteiger partial charge in [-0.25, -0.2) is 4.98 Å². The van der Waals surface area contributed by atoms with Gasteiger partial charge in [-0.3, -0.25) is 9.59 Å². The number of nitrogens with one attached hydrogen (secondary N) is 2. The summed E-state index contributed by atoms with van der Waals surface area (Å²) < 4.78 is 0. The third-order valence-electron chi connectivity index (χ3n) is 7.01. The van der Waals surface area contributed by atoms with Crippen molar-refractivity contribution in [3.63, 3.8) is 0 Å². The van der Waals surface area contributed by atoms with E-state index < -0.39 is 24.2 Å². The summed E-state index contributed by atoms with van der Waals surface area (Å²) >= 11 is 0. The zero-order valence-electron chi connectivity index (χ0n) is 21.2. The molecule has 1 aliphatic carbocycles. The molecule has 0 unspecified atom stereocenters. The summed E-state index contributed by atoms with van der Waals surface area (Å²) in [5, 5.41) is 28.2. The van der Waals surface area contributed by atoms with E-state index in [-0.39, 0.29) is 24.3 Å². The molecule has 35 heavy (non-hydrogen) atoms. The molecule has 0 aliphatic heterocycles.